The van der Waals surface area contributed by atoms with Crippen molar-refractivity contribution in [1.29, 1.82) is 0 Å². The molecule has 0 bridgehead atoms. The van der Waals surface area contributed by atoms with Gasteiger partial charge in [0.15, 0.2) is 11.6 Å². The summed E-state index contributed by atoms with van der Waals surface area (Å²) >= 11 is 0. The van der Waals surface area contributed by atoms with Crippen molar-refractivity contribution in [2.45, 2.75) is 52.7 Å². The number of rotatable bonds is 6. The number of amides is 3. The summed E-state index contributed by atoms with van der Waals surface area (Å²) in [7, 11) is 0. The molecule has 0 aromatic heterocycles. The Morgan fingerprint density at radius 2 is 1.96 bits per heavy atom. The highest BCUT2D eigenvalue weighted by molar-refractivity contribution is 5.87. The lowest BCUT2D eigenvalue weighted by molar-refractivity contribution is -0.123. The third kappa shape index (κ3) is 6.85. The summed E-state index contributed by atoms with van der Waals surface area (Å²) in [5.74, 6) is -0.572. The van der Waals surface area contributed by atoms with E-state index in [0.717, 1.165) is 0 Å². The van der Waals surface area contributed by atoms with Gasteiger partial charge >= 0.3 is 6.03 Å². The molecule has 1 atom stereocenters. The molecule has 1 aromatic rings. The lowest BCUT2D eigenvalue weighted by atomic mass is 10.1. The van der Waals surface area contributed by atoms with E-state index in [2.05, 4.69) is 16.0 Å². The summed E-state index contributed by atoms with van der Waals surface area (Å²) in [5, 5.41) is 7.91. The number of hydrogen-bond acceptors (Lipinski definition) is 3. The molecule has 0 radical (unpaired) electrons. The van der Waals surface area contributed by atoms with Gasteiger partial charge in [0.25, 0.3) is 0 Å². The molecule has 3 amide bonds. The first-order chi connectivity index (χ1) is 11.1. The highest BCUT2D eigenvalue weighted by Gasteiger charge is 2.20. The minimum atomic E-state index is -0.679. The first-order valence-corrected chi connectivity index (χ1v) is 7.90. The van der Waals surface area contributed by atoms with E-state index in [1.165, 1.54) is 12.1 Å². The Morgan fingerprint density at radius 3 is 2.50 bits per heavy atom. The van der Waals surface area contributed by atoms with E-state index in [4.69, 9.17) is 4.74 Å². The lowest BCUT2D eigenvalue weighted by Gasteiger charge is -2.23. The molecule has 3 N–H and O–H groups in total. The second-order valence-corrected chi connectivity index (χ2v) is 6.49. The van der Waals surface area contributed by atoms with Crippen LogP contribution in [0.3, 0.4) is 0 Å². The Labute approximate surface area is 142 Å². The van der Waals surface area contributed by atoms with Crippen LogP contribution in [-0.2, 0) is 11.3 Å². The fraction of sp³-hybridized carbons (Fsp3) is 0.529. The number of benzene rings is 1. The third-order valence-electron chi connectivity index (χ3n) is 2.99. The van der Waals surface area contributed by atoms with Crippen molar-refractivity contribution < 1.29 is 18.7 Å². The average molecular weight is 339 g/mol. The number of nitrogens with one attached hydrogen (secondary N) is 3. The minimum Gasteiger partial charge on any atom is -0.491 e. The van der Waals surface area contributed by atoms with Gasteiger partial charge in [0.2, 0.25) is 5.91 Å². The first kappa shape index (κ1) is 19.7. The lowest BCUT2D eigenvalue weighted by Crippen LogP contribution is -2.52. The first-order valence-electron chi connectivity index (χ1n) is 7.90. The van der Waals surface area contributed by atoms with Gasteiger partial charge in [0, 0.05) is 12.1 Å². The maximum absolute atomic E-state index is 13.7. The van der Waals surface area contributed by atoms with Gasteiger partial charge < -0.3 is 20.7 Å². The summed E-state index contributed by atoms with van der Waals surface area (Å²) in [4.78, 5) is 23.7. The summed E-state index contributed by atoms with van der Waals surface area (Å²) in [6.45, 7) is 9.47. The van der Waals surface area contributed by atoms with Crippen LogP contribution in [0.1, 0.15) is 40.2 Å². The molecule has 134 valence electrons. The van der Waals surface area contributed by atoms with Crippen molar-refractivity contribution in [2.24, 2.45) is 0 Å². The van der Waals surface area contributed by atoms with E-state index in [0.29, 0.717) is 12.2 Å². The third-order valence-corrected chi connectivity index (χ3v) is 2.99. The quantitative estimate of drug-likeness (QED) is 0.744. The molecule has 24 heavy (non-hydrogen) atoms. The molecule has 0 fully saturated rings. The zero-order valence-corrected chi connectivity index (χ0v) is 14.8. The maximum Gasteiger partial charge on any atom is 0.315 e. The summed E-state index contributed by atoms with van der Waals surface area (Å²) in [5.41, 5.74) is 0.224. The highest BCUT2D eigenvalue weighted by Crippen LogP contribution is 2.18. The summed E-state index contributed by atoms with van der Waals surface area (Å²) < 4.78 is 18.8. The molecule has 0 aliphatic carbocycles. The number of carbonyl (C=O) groups is 2. The fourth-order valence-corrected chi connectivity index (χ4v) is 1.90. The Kier molecular flexibility index (Phi) is 7.00. The van der Waals surface area contributed by atoms with Crippen LogP contribution in [-0.4, -0.2) is 30.1 Å². The molecule has 0 spiro atoms. The maximum atomic E-state index is 13.7. The largest absolute Gasteiger partial charge is 0.491 e. The van der Waals surface area contributed by atoms with Crippen molar-refractivity contribution in [3.63, 3.8) is 0 Å². The molecular formula is C17H26FN3O3. The molecule has 7 heteroatoms. The van der Waals surface area contributed by atoms with E-state index in [1.807, 2.05) is 20.8 Å². The molecule has 0 heterocycles. The smallest absolute Gasteiger partial charge is 0.315 e. The number of hydrogen-bond donors (Lipinski definition) is 3. The van der Waals surface area contributed by atoms with Gasteiger partial charge in [-0.3, -0.25) is 4.79 Å². The summed E-state index contributed by atoms with van der Waals surface area (Å²) in [6.07, 6.45) is 0. The fourth-order valence-electron chi connectivity index (χ4n) is 1.90. The Bertz CT molecular complexity index is 585. The number of urea groups is 1. The predicted molar refractivity (Wildman–Crippen MR) is 90.3 cm³/mol. The van der Waals surface area contributed by atoms with Crippen molar-refractivity contribution in [3.05, 3.63) is 29.6 Å². The van der Waals surface area contributed by atoms with Gasteiger partial charge in [-0.15, -0.1) is 0 Å². The topological polar surface area (TPSA) is 79.5 Å². The van der Waals surface area contributed by atoms with Crippen LogP contribution < -0.4 is 20.7 Å². The molecule has 0 saturated heterocycles. The van der Waals surface area contributed by atoms with Gasteiger partial charge in [-0.25, -0.2) is 9.18 Å². The van der Waals surface area contributed by atoms with Gasteiger partial charge in [-0.05, 0) is 52.3 Å². The standard InChI is InChI=1S/C17H26FN3O3/c1-6-24-14-8-7-12(9-13(14)18)10-19-16(23)20-11(2)15(22)21-17(3,4)5/h7-9,11H,6,10H2,1-5H3,(H,21,22)(H2,19,20,23). The molecule has 1 aromatic carbocycles. The number of ether oxygens (including phenoxy) is 1. The molecule has 1 rings (SSSR count). The zero-order chi connectivity index (χ0) is 18.3. The number of carbonyl (C=O) groups excluding carboxylic acids is 2. The van der Waals surface area contributed by atoms with Crippen molar-refractivity contribution >= 4 is 11.9 Å². The van der Waals surface area contributed by atoms with E-state index >= 15 is 0 Å². The normalized spacial score (nSPS) is 12.2. The molecule has 0 saturated carbocycles. The van der Waals surface area contributed by atoms with Crippen molar-refractivity contribution in [2.75, 3.05) is 6.61 Å². The Morgan fingerprint density at radius 1 is 1.29 bits per heavy atom. The van der Waals surface area contributed by atoms with Gasteiger partial charge in [0.05, 0.1) is 6.61 Å². The van der Waals surface area contributed by atoms with E-state index in [1.54, 1.807) is 19.9 Å². The van der Waals surface area contributed by atoms with Gasteiger partial charge in [-0.1, -0.05) is 6.07 Å². The molecule has 6 nitrogen and oxygen atoms in total. The van der Waals surface area contributed by atoms with Gasteiger partial charge in [-0.2, -0.15) is 0 Å². The second kappa shape index (κ2) is 8.52. The molecular weight excluding hydrogens is 313 g/mol. The monoisotopic (exact) mass is 339 g/mol. The second-order valence-electron chi connectivity index (χ2n) is 6.49. The van der Waals surface area contributed by atoms with Crippen LogP contribution in [0.5, 0.6) is 5.75 Å². The van der Waals surface area contributed by atoms with E-state index in [-0.39, 0.29) is 23.7 Å². The van der Waals surface area contributed by atoms with Crippen LogP contribution >= 0.6 is 0 Å². The van der Waals surface area contributed by atoms with Gasteiger partial charge in [0.1, 0.15) is 6.04 Å². The molecule has 1 unspecified atom stereocenters. The van der Waals surface area contributed by atoms with E-state index in [9.17, 15) is 14.0 Å². The Balaban J connectivity index is 2.48. The SMILES string of the molecule is CCOc1ccc(CNC(=O)NC(C)C(=O)NC(C)(C)C)cc1F. The van der Waals surface area contributed by atoms with Crippen LogP contribution in [0, 0.1) is 5.82 Å². The van der Waals surface area contributed by atoms with Crippen LogP contribution in [0.4, 0.5) is 9.18 Å². The Hall–Kier alpha value is -2.31. The van der Waals surface area contributed by atoms with Crippen LogP contribution in [0.25, 0.3) is 0 Å². The number of halogens is 1. The highest BCUT2D eigenvalue weighted by atomic mass is 19.1. The van der Waals surface area contributed by atoms with Crippen LogP contribution in [0.15, 0.2) is 18.2 Å². The van der Waals surface area contributed by atoms with Crippen molar-refractivity contribution in [3.8, 4) is 5.75 Å². The van der Waals surface area contributed by atoms with Crippen molar-refractivity contribution in [1.82, 2.24) is 16.0 Å². The molecule has 0 aliphatic heterocycles. The van der Waals surface area contributed by atoms with Crippen LogP contribution in [0.2, 0.25) is 0 Å². The minimum absolute atomic E-state index is 0.142. The van der Waals surface area contributed by atoms with E-state index < -0.39 is 17.9 Å². The molecule has 0 aliphatic rings. The zero-order valence-electron chi connectivity index (χ0n) is 14.8. The predicted octanol–water partition coefficient (Wildman–Crippen LogP) is 2.33. The average Bonchev–Trinajstić information content (AvgIpc) is 2.46. The summed E-state index contributed by atoms with van der Waals surface area (Å²) in [6, 6.07) is 3.32.